The highest BCUT2D eigenvalue weighted by Crippen LogP contribution is 2.63. The minimum absolute atomic E-state index is 0.139. The maximum Gasteiger partial charge on any atom is 0.417 e. The lowest BCUT2D eigenvalue weighted by Crippen LogP contribution is -2.73. The molecule has 164 valence electrons. The summed E-state index contributed by atoms with van der Waals surface area (Å²) in [6, 6.07) is 0. The minimum Gasteiger partial charge on any atom is -0.443 e. The van der Waals surface area contributed by atoms with Crippen LogP contribution < -0.4 is 10.3 Å². The zero-order valence-electron chi connectivity index (χ0n) is 18.2. The highest BCUT2D eigenvalue weighted by atomic mass is 28.3. The summed E-state index contributed by atoms with van der Waals surface area (Å²) in [5.74, 6) is 0.289. The van der Waals surface area contributed by atoms with Crippen LogP contribution in [-0.4, -0.2) is 59.1 Å². The number of hydrogen-bond donors (Lipinski definition) is 0. The molecule has 31 heavy (non-hydrogen) atoms. The number of carbonyl (C=O) groups is 3. The Balaban J connectivity index is 1.54. The smallest absolute Gasteiger partial charge is 0.417 e. The van der Waals surface area contributed by atoms with Gasteiger partial charge in [-0.2, -0.15) is 0 Å². The number of ether oxygens (including phenoxy) is 1. The maximum atomic E-state index is 13.9. The van der Waals surface area contributed by atoms with Crippen LogP contribution >= 0.6 is 0 Å². The van der Waals surface area contributed by atoms with Gasteiger partial charge in [-0.1, -0.05) is 0 Å². The number of nitrogens with zero attached hydrogens (tertiary/aromatic N) is 4. The van der Waals surface area contributed by atoms with Crippen molar-refractivity contribution in [1.29, 1.82) is 0 Å². The largest absolute Gasteiger partial charge is 0.443 e. The molecule has 6 rings (SSSR count). The van der Waals surface area contributed by atoms with Crippen molar-refractivity contribution in [2.45, 2.75) is 70.6 Å². The highest BCUT2D eigenvalue weighted by Gasteiger charge is 2.68. The molecule has 3 heterocycles. The first kappa shape index (κ1) is 20.4. The zero-order chi connectivity index (χ0) is 22.3. The van der Waals surface area contributed by atoms with Crippen LogP contribution in [0.15, 0.2) is 6.20 Å². The van der Waals surface area contributed by atoms with Gasteiger partial charge in [0, 0.05) is 24.7 Å². The number of aromatic nitrogens is 2. The van der Waals surface area contributed by atoms with E-state index < -0.39 is 31.7 Å². The second-order valence-corrected chi connectivity index (χ2v) is 11.9. The summed E-state index contributed by atoms with van der Waals surface area (Å²) in [5, 5.41) is 0. The van der Waals surface area contributed by atoms with Crippen molar-refractivity contribution >= 4 is 37.9 Å². The van der Waals surface area contributed by atoms with Crippen LogP contribution in [0.1, 0.15) is 52.0 Å². The third-order valence-electron chi connectivity index (χ3n) is 6.98. The summed E-state index contributed by atoms with van der Waals surface area (Å²) < 4.78 is 17.4. The fourth-order valence-corrected chi connectivity index (χ4v) is 5.88. The Morgan fingerprint density at radius 2 is 1.90 bits per heavy atom. The third-order valence-corrected chi connectivity index (χ3v) is 7.85. The number of carbonyl (C=O) groups excluding carboxylic acids is 3. The summed E-state index contributed by atoms with van der Waals surface area (Å²) in [4.78, 5) is 51.5. The first-order valence-electron chi connectivity index (χ1n) is 10.7. The number of amides is 3. The first-order valence-corrected chi connectivity index (χ1v) is 12.6. The molecule has 0 N–H and O–H groups in total. The molecule has 1 aromatic rings. The van der Waals surface area contributed by atoms with Gasteiger partial charge in [0.2, 0.25) is 11.8 Å². The van der Waals surface area contributed by atoms with E-state index in [9.17, 15) is 18.8 Å². The van der Waals surface area contributed by atoms with Gasteiger partial charge in [-0.15, -0.1) is 0 Å². The van der Waals surface area contributed by atoms with Crippen LogP contribution in [0, 0.1) is 11.3 Å². The Bertz CT molecular complexity index is 1030. The molecule has 1 spiro atoms. The number of anilines is 1. The van der Waals surface area contributed by atoms with Crippen molar-refractivity contribution in [2.75, 3.05) is 11.4 Å². The summed E-state index contributed by atoms with van der Waals surface area (Å²) in [5.41, 5.74) is -1.47. The predicted molar refractivity (Wildman–Crippen MR) is 110 cm³/mol. The molecule has 2 aliphatic heterocycles. The van der Waals surface area contributed by atoms with Crippen molar-refractivity contribution in [3.05, 3.63) is 11.8 Å². The van der Waals surface area contributed by atoms with Crippen LogP contribution in [0.2, 0.25) is 6.55 Å². The zero-order valence-corrected chi connectivity index (χ0v) is 19.2. The molecule has 3 saturated carbocycles. The molecule has 0 aromatic carbocycles. The van der Waals surface area contributed by atoms with Gasteiger partial charge >= 0.3 is 14.8 Å². The van der Waals surface area contributed by atoms with Gasteiger partial charge in [0.05, 0.1) is 5.54 Å². The van der Waals surface area contributed by atoms with Crippen LogP contribution in [0.25, 0.3) is 0 Å². The fourth-order valence-electron chi connectivity index (χ4n) is 5.37. The molecule has 1 atom stereocenters. The number of rotatable bonds is 2. The normalized spacial score (nSPS) is 31.3. The summed E-state index contributed by atoms with van der Waals surface area (Å²) in [7, 11) is -2.13. The van der Waals surface area contributed by atoms with E-state index in [-0.39, 0.29) is 36.3 Å². The molecule has 1 aromatic heterocycles. The number of hydrogen-bond acceptors (Lipinski definition) is 7. The van der Waals surface area contributed by atoms with E-state index >= 15 is 0 Å². The molecule has 3 aliphatic carbocycles. The van der Waals surface area contributed by atoms with Gasteiger partial charge in [0.25, 0.3) is 0 Å². The van der Waals surface area contributed by atoms with E-state index in [1.54, 1.807) is 38.4 Å². The van der Waals surface area contributed by atoms with E-state index in [0.29, 0.717) is 17.3 Å². The fraction of sp³-hybridized carbons (Fsp3) is 0.667. The lowest BCUT2D eigenvalue weighted by molar-refractivity contribution is -0.147. The molecule has 2 bridgehead atoms. The van der Waals surface area contributed by atoms with E-state index in [2.05, 4.69) is 9.97 Å². The van der Waals surface area contributed by atoms with Gasteiger partial charge < -0.3 is 9.20 Å². The molecule has 10 heteroatoms. The third kappa shape index (κ3) is 2.83. The van der Waals surface area contributed by atoms with Gasteiger partial charge in [0.1, 0.15) is 16.8 Å². The topological polar surface area (TPSA) is 110 Å². The van der Waals surface area contributed by atoms with Crippen LogP contribution in [0.3, 0.4) is 0 Å². The Morgan fingerprint density at radius 1 is 1.23 bits per heavy atom. The van der Waals surface area contributed by atoms with Gasteiger partial charge in [-0.25, -0.2) is 19.7 Å². The van der Waals surface area contributed by atoms with Gasteiger partial charge in [0.15, 0.2) is 5.45 Å². The SMILES string of the molecule is C[Si](=O)c1ncc2c(n1)N(C13CC(C1)C3)C(=O)[C@@]1(CCN(C(=O)OC(C)(C)C)C1=O)C2. The number of fused-ring (bicyclic) bond motifs is 1. The highest BCUT2D eigenvalue weighted by molar-refractivity contribution is 6.56. The van der Waals surface area contributed by atoms with E-state index in [0.717, 1.165) is 24.2 Å². The second-order valence-electron chi connectivity index (χ2n) is 10.4. The molecular weight excluding hydrogens is 416 g/mol. The first-order chi connectivity index (χ1) is 14.5. The van der Waals surface area contributed by atoms with Crippen molar-refractivity contribution < 1.29 is 23.6 Å². The Kier molecular flexibility index (Phi) is 4.13. The predicted octanol–water partition coefficient (Wildman–Crippen LogP) is 1.33. The average molecular weight is 443 g/mol. The Labute approximate surface area is 181 Å². The van der Waals surface area contributed by atoms with Crippen LogP contribution in [-0.2, 0) is 25.2 Å². The van der Waals surface area contributed by atoms with Crippen LogP contribution in [0.5, 0.6) is 0 Å². The molecule has 4 fully saturated rings. The molecule has 5 aliphatic rings. The van der Waals surface area contributed by atoms with Crippen molar-refractivity contribution in [2.24, 2.45) is 11.3 Å². The monoisotopic (exact) mass is 442 g/mol. The van der Waals surface area contributed by atoms with Gasteiger partial charge in [-0.05, 0) is 58.9 Å². The average Bonchev–Trinajstić information content (AvgIpc) is 2.91. The molecule has 0 radical (unpaired) electrons. The van der Waals surface area contributed by atoms with Crippen LogP contribution in [0.4, 0.5) is 10.6 Å². The summed E-state index contributed by atoms with van der Waals surface area (Å²) in [6.07, 6.45) is 3.92. The summed E-state index contributed by atoms with van der Waals surface area (Å²) in [6.45, 7) is 6.93. The van der Waals surface area contributed by atoms with Crippen molar-refractivity contribution in [1.82, 2.24) is 14.9 Å². The molecule has 9 nitrogen and oxygen atoms in total. The van der Waals surface area contributed by atoms with E-state index in [1.807, 2.05) is 0 Å². The van der Waals surface area contributed by atoms with Crippen molar-refractivity contribution in [3.63, 3.8) is 0 Å². The van der Waals surface area contributed by atoms with Gasteiger partial charge in [-0.3, -0.25) is 14.5 Å². The van der Waals surface area contributed by atoms with E-state index in [1.165, 1.54) is 0 Å². The Hall–Kier alpha value is -2.49. The quantitative estimate of drug-likeness (QED) is 0.502. The molecule has 1 saturated heterocycles. The second kappa shape index (κ2) is 6.27. The summed E-state index contributed by atoms with van der Waals surface area (Å²) >= 11 is 0. The number of imide groups is 1. The molecular formula is C21H26N4O5Si. The molecule has 0 unspecified atom stereocenters. The van der Waals surface area contributed by atoms with E-state index in [4.69, 9.17) is 4.74 Å². The lowest BCUT2D eigenvalue weighted by atomic mass is 9.48. The lowest BCUT2D eigenvalue weighted by Gasteiger charge is -2.67. The van der Waals surface area contributed by atoms with Crippen molar-refractivity contribution in [3.8, 4) is 0 Å². The maximum absolute atomic E-state index is 13.9. The minimum atomic E-state index is -2.13. The Morgan fingerprint density at radius 3 is 2.45 bits per heavy atom. The molecule has 3 amide bonds. The standard InChI is InChI=1S/C21H26N4O5Si/c1-19(2,3)30-18(28)24-6-5-21(15(24)26)10-13-11-22-17(31(4)29)23-14(13)25(16(21)27)20-7-12(8-20)9-20/h11-12H,5-10H2,1-4H3/t12?,20?,21-/m0/s1. The number of likely N-dealkylation sites (tertiary alicyclic amines) is 1.